The summed E-state index contributed by atoms with van der Waals surface area (Å²) in [6, 6.07) is 4.06. The average Bonchev–Trinajstić information content (AvgIpc) is 2.69. The number of hydrogen-bond donors (Lipinski definition) is 3. The number of aliphatic hydroxyl groups is 1. The van der Waals surface area contributed by atoms with Crippen LogP contribution >= 0.6 is 0 Å². The standard InChI is InChI=1S/C11H17N3O/c12-9-4-5-11(13-6-9)14-10-3-1-2-8(10)7-15/h4-6,8,10,15H,1-3,7,12H2,(H,13,14). The summed E-state index contributed by atoms with van der Waals surface area (Å²) in [5.41, 5.74) is 6.23. The Morgan fingerprint density at radius 3 is 3.00 bits per heavy atom. The lowest BCUT2D eigenvalue weighted by Gasteiger charge is -2.19. The van der Waals surface area contributed by atoms with Crippen molar-refractivity contribution in [3.05, 3.63) is 18.3 Å². The molecule has 4 N–H and O–H groups in total. The van der Waals surface area contributed by atoms with E-state index in [1.807, 2.05) is 12.1 Å². The second-order valence-electron chi connectivity index (χ2n) is 4.10. The molecule has 0 bridgehead atoms. The molecular weight excluding hydrogens is 190 g/mol. The van der Waals surface area contributed by atoms with E-state index in [2.05, 4.69) is 10.3 Å². The lowest BCUT2D eigenvalue weighted by Crippen LogP contribution is -2.26. The van der Waals surface area contributed by atoms with Gasteiger partial charge in [0.05, 0.1) is 11.9 Å². The first-order valence-electron chi connectivity index (χ1n) is 5.38. The fourth-order valence-corrected chi connectivity index (χ4v) is 2.13. The zero-order valence-corrected chi connectivity index (χ0v) is 8.69. The number of nitrogen functional groups attached to an aromatic ring is 1. The van der Waals surface area contributed by atoms with E-state index in [9.17, 15) is 5.11 Å². The van der Waals surface area contributed by atoms with Crippen molar-refractivity contribution in [1.29, 1.82) is 0 Å². The molecule has 1 aliphatic carbocycles. The number of rotatable bonds is 3. The zero-order valence-electron chi connectivity index (χ0n) is 8.69. The quantitative estimate of drug-likeness (QED) is 0.697. The maximum Gasteiger partial charge on any atom is 0.126 e. The number of aliphatic hydroxyl groups excluding tert-OH is 1. The van der Waals surface area contributed by atoms with Gasteiger partial charge in [-0.1, -0.05) is 6.42 Å². The monoisotopic (exact) mass is 207 g/mol. The van der Waals surface area contributed by atoms with Gasteiger partial charge in [-0.25, -0.2) is 4.98 Å². The summed E-state index contributed by atoms with van der Waals surface area (Å²) in [6.45, 7) is 0.257. The number of anilines is 2. The number of aromatic nitrogens is 1. The highest BCUT2D eigenvalue weighted by molar-refractivity contribution is 5.44. The van der Waals surface area contributed by atoms with E-state index in [-0.39, 0.29) is 6.61 Å². The number of hydrogen-bond acceptors (Lipinski definition) is 4. The first-order valence-corrected chi connectivity index (χ1v) is 5.38. The molecule has 1 aromatic heterocycles. The van der Waals surface area contributed by atoms with Gasteiger partial charge < -0.3 is 16.2 Å². The highest BCUT2D eigenvalue weighted by atomic mass is 16.3. The molecule has 1 aromatic rings. The number of nitrogens with two attached hydrogens (primary N) is 1. The molecule has 0 radical (unpaired) electrons. The Morgan fingerprint density at radius 1 is 1.47 bits per heavy atom. The van der Waals surface area contributed by atoms with E-state index in [0.717, 1.165) is 18.7 Å². The van der Waals surface area contributed by atoms with E-state index in [1.165, 1.54) is 6.42 Å². The summed E-state index contributed by atoms with van der Waals surface area (Å²) >= 11 is 0. The molecule has 0 amide bonds. The van der Waals surface area contributed by atoms with Crippen molar-refractivity contribution >= 4 is 11.5 Å². The normalized spacial score (nSPS) is 25.4. The van der Waals surface area contributed by atoms with Gasteiger partial charge >= 0.3 is 0 Å². The lowest BCUT2D eigenvalue weighted by atomic mass is 10.1. The molecule has 2 rings (SSSR count). The van der Waals surface area contributed by atoms with Crippen LogP contribution in [0.1, 0.15) is 19.3 Å². The fraction of sp³-hybridized carbons (Fsp3) is 0.545. The summed E-state index contributed by atoms with van der Waals surface area (Å²) in [5, 5.41) is 12.5. The van der Waals surface area contributed by atoms with E-state index in [1.54, 1.807) is 6.20 Å². The maximum atomic E-state index is 9.18. The minimum absolute atomic E-state index is 0.257. The molecule has 2 unspecified atom stereocenters. The van der Waals surface area contributed by atoms with Gasteiger partial charge in [0, 0.05) is 18.6 Å². The summed E-state index contributed by atoms with van der Waals surface area (Å²) in [6.07, 6.45) is 5.03. The van der Waals surface area contributed by atoms with E-state index < -0.39 is 0 Å². The molecule has 0 aliphatic heterocycles. The molecule has 4 heteroatoms. The van der Waals surface area contributed by atoms with Crippen LogP contribution in [0.15, 0.2) is 18.3 Å². The van der Waals surface area contributed by atoms with Gasteiger partial charge in [-0.2, -0.15) is 0 Å². The van der Waals surface area contributed by atoms with Crippen molar-refractivity contribution < 1.29 is 5.11 Å². The predicted octanol–water partition coefficient (Wildman–Crippen LogP) is 1.24. The van der Waals surface area contributed by atoms with Crippen LogP contribution in [0.2, 0.25) is 0 Å². The third-order valence-corrected chi connectivity index (χ3v) is 3.01. The van der Waals surface area contributed by atoms with Crippen molar-refractivity contribution in [2.24, 2.45) is 5.92 Å². The van der Waals surface area contributed by atoms with Gasteiger partial charge in [0.15, 0.2) is 0 Å². The van der Waals surface area contributed by atoms with Crippen molar-refractivity contribution in [3.63, 3.8) is 0 Å². The van der Waals surface area contributed by atoms with E-state index in [0.29, 0.717) is 17.6 Å². The number of pyridine rings is 1. The molecule has 1 heterocycles. The number of nitrogens with zero attached hydrogens (tertiary/aromatic N) is 1. The minimum atomic E-state index is 0.257. The number of nitrogens with one attached hydrogen (secondary N) is 1. The third-order valence-electron chi connectivity index (χ3n) is 3.01. The lowest BCUT2D eigenvalue weighted by molar-refractivity contribution is 0.222. The van der Waals surface area contributed by atoms with Gasteiger partial charge in [-0.05, 0) is 25.0 Å². The molecule has 1 saturated carbocycles. The van der Waals surface area contributed by atoms with Gasteiger partial charge in [-0.3, -0.25) is 0 Å². The SMILES string of the molecule is Nc1ccc(NC2CCCC2CO)nc1. The first-order chi connectivity index (χ1) is 7.29. The van der Waals surface area contributed by atoms with Crippen LogP contribution < -0.4 is 11.1 Å². The van der Waals surface area contributed by atoms with Crippen molar-refractivity contribution in [1.82, 2.24) is 4.98 Å². The second kappa shape index (κ2) is 4.49. The predicted molar refractivity (Wildman–Crippen MR) is 60.5 cm³/mol. The molecule has 1 aliphatic rings. The highest BCUT2D eigenvalue weighted by Gasteiger charge is 2.26. The maximum absolute atomic E-state index is 9.18. The van der Waals surface area contributed by atoms with Crippen LogP contribution in [-0.4, -0.2) is 22.7 Å². The highest BCUT2D eigenvalue weighted by Crippen LogP contribution is 2.27. The Morgan fingerprint density at radius 2 is 2.33 bits per heavy atom. The van der Waals surface area contributed by atoms with Crippen molar-refractivity contribution in [2.45, 2.75) is 25.3 Å². The summed E-state index contributed by atoms with van der Waals surface area (Å²) in [5.74, 6) is 1.21. The van der Waals surface area contributed by atoms with Crippen LogP contribution in [0.5, 0.6) is 0 Å². The van der Waals surface area contributed by atoms with Crippen LogP contribution in [-0.2, 0) is 0 Å². The Labute approximate surface area is 89.5 Å². The molecule has 1 fully saturated rings. The van der Waals surface area contributed by atoms with Gasteiger partial charge in [-0.15, -0.1) is 0 Å². The van der Waals surface area contributed by atoms with Gasteiger partial charge in [0.25, 0.3) is 0 Å². The Hall–Kier alpha value is -1.29. The molecule has 15 heavy (non-hydrogen) atoms. The first kappa shape index (κ1) is 10.2. The Balaban J connectivity index is 1.99. The third kappa shape index (κ3) is 2.39. The molecule has 2 atom stereocenters. The molecule has 82 valence electrons. The average molecular weight is 207 g/mol. The molecule has 0 aromatic carbocycles. The molecule has 4 nitrogen and oxygen atoms in total. The topological polar surface area (TPSA) is 71.2 Å². The Bertz CT molecular complexity index is 312. The van der Waals surface area contributed by atoms with E-state index in [4.69, 9.17) is 5.73 Å². The zero-order chi connectivity index (χ0) is 10.7. The van der Waals surface area contributed by atoms with Crippen molar-refractivity contribution in [3.8, 4) is 0 Å². The molecular formula is C11H17N3O. The van der Waals surface area contributed by atoms with Gasteiger partial charge in [0.2, 0.25) is 0 Å². The largest absolute Gasteiger partial charge is 0.397 e. The van der Waals surface area contributed by atoms with Crippen LogP contribution in [0.25, 0.3) is 0 Å². The second-order valence-corrected chi connectivity index (χ2v) is 4.10. The van der Waals surface area contributed by atoms with Crippen molar-refractivity contribution in [2.75, 3.05) is 17.7 Å². The van der Waals surface area contributed by atoms with Gasteiger partial charge in [0.1, 0.15) is 5.82 Å². The molecule has 0 saturated heterocycles. The Kier molecular flexibility index (Phi) is 3.06. The van der Waals surface area contributed by atoms with Crippen LogP contribution in [0.3, 0.4) is 0 Å². The van der Waals surface area contributed by atoms with Crippen LogP contribution in [0, 0.1) is 5.92 Å². The van der Waals surface area contributed by atoms with Crippen LogP contribution in [0.4, 0.5) is 11.5 Å². The smallest absolute Gasteiger partial charge is 0.126 e. The summed E-state index contributed by atoms with van der Waals surface area (Å²) in [7, 11) is 0. The summed E-state index contributed by atoms with van der Waals surface area (Å²) < 4.78 is 0. The molecule has 0 spiro atoms. The van der Waals surface area contributed by atoms with E-state index >= 15 is 0 Å². The fourth-order valence-electron chi connectivity index (χ4n) is 2.13. The minimum Gasteiger partial charge on any atom is -0.397 e. The summed E-state index contributed by atoms with van der Waals surface area (Å²) in [4.78, 5) is 4.19.